The molecule has 156 valence electrons. The molecule has 2 aromatic carbocycles. The van der Waals surface area contributed by atoms with Crippen LogP contribution in [0.1, 0.15) is 43.7 Å². The van der Waals surface area contributed by atoms with Gasteiger partial charge in [-0.15, -0.1) is 0 Å². The van der Waals surface area contributed by atoms with E-state index in [0.29, 0.717) is 32.7 Å². The van der Waals surface area contributed by atoms with E-state index >= 15 is 0 Å². The third-order valence-electron chi connectivity index (χ3n) is 5.61. The molecular formula is C24H31NO4. The molecule has 1 amide bonds. The van der Waals surface area contributed by atoms with Crippen molar-refractivity contribution in [2.75, 3.05) is 32.2 Å². The van der Waals surface area contributed by atoms with E-state index in [0.717, 1.165) is 41.2 Å². The minimum Gasteiger partial charge on any atom is -0.497 e. The first-order valence-corrected chi connectivity index (χ1v) is 10.4. The number of hydrogen-bond acceptors (Lipinski definition) is 4. The summed E-state index contributed by atoms with van der Waals surface area (Å²) in [5.74, 6) is 1.66. The van der Waals surface area contributed by atoms with Gasteiger partial charge in [0.15, 0.2) is 0 Å². The van der Waals surface area contributed by atoms with Gasteiger partial charge in [0.2, 0.25) is 5.91 Å². The molecule has 3 rings (SSSR count). The fourth-order valence-corrected chi connectivity index (χ4v) is 3.74. The van der Waals surface area contributed by atoms with Crippen molar-refractivity contribution >= 4 is 11.6 Å². The molecule has 1 saturated heterocycles. The van der Waals surface area contributed by atoms with Crippen molar-refractivity contribution in [2.24, 2.45) is 0 Å². The van der Waals surface area contributed by atoms with Crippen molar-refractivity contribution in [1.29, 1.82) is 0 Å². The first-order chi connectivity index (χ1) is 14.1. The molecule has 1 aliphatic heterocycles. The molecule has 0 unspecified atom stereocenters. The van der Waals surface area contributed by atoms with Gasteiger partial charge in [-0.25, -0.2) is 0 Å². The summed E-state index contributed by atoms with van der Waals surface area (Å²) in [6.45, 7) is 6.00. The van der Waals surface area contributed by atoms with E-state index in [4.69, 9.17) is 14.2 Å². The van der Waals surface area contributed by atoms with Gasteiger partial charge in [0.1, 0.15) is 11.5 Å². The molecule has 0 aromatic heterocycles. The number of rotatable bonds is 8. The second kappa shape index (κ2) is 9.79. The number of ether oxygens (including phenoxy) is 3. The molecule has 1 N–H and O–H groups in total. The highest BCUT2D eigenvalue weighted by Crippen LogP contribution is 2.37. The normalized spacial score (nSPS) is 15.6. The first kappa shape index (κ1) is 21.2. The number of carbonyl (C=O) groups is 1. The Labute approximate surface area is 173 Å². The van der Waals surface area contributed by atoms with Gasteiger partial charge in [-0.1, -0.05) is 25.5 Å². The first-order valence-electron chi connectivity index (χ1n) is 10.4. The molecule has 0 saturated carbocycles. The molecule has 0 bridgehead atoms. The Hall–Kier alpha value is -2.53. The summed E-state index contributed by atoms with van der Waals surface area (Å²) in [5.41, 5.74) is 2.20. The molecule has 5 heteroatoms. The van der Waals surface area contributed by atoms with Crippen LogP contribution >= 0.6 is 0 Å². The van der Waals surface area contributed by atoms with Gasteiger partial charge < -0.3 is 19.5 Å². The second-order valence-electron chi connectivity index (χ2n) is 7.56. The largest absolute Gasteiger partial charge is 0.497 e. The number of amides is 1. The minimum atomic E-state index is -0.602. The lowest BCUT2D eigenvalue weighted by molar-refractivity contribution is -0.125. The van der Waals surface area contributed by atoms with Crippen LogP contribution in [0.2, 0.25) is 0 Å². The molecule has 1 aliphatic rings. The van der Waals surface area contributed by atoms with Crippen LogP contribution in [0.3, 0.4) is 0 Å². The van der Waals surface area contributed by atoms with Gasteiger partial charge in [-0.05, 0) is 67.6 Å². The Morgan fingerprint density at radius 2 is 1.86 bits per heavy atom. The van der Waals surface area contributed by atoms with Crippen molar-refractivity contribution in [3.05, 3.63) is 53.6 Å². The van der Waals surface area contributed by atoms with E-state index in [1.54, 1.807) is 7.11 Å². The van der Waals surface area contributed by atoms with Gasteiger partial charge in [0.25, 0.3) is 0 Å². The molecule has 5 nitrogen and oxygen atoms in total. The van der Waals surface area contributed by atoms with Crippen LogP contribution in [0.5, 0.6) is 11.5 Å². The molecule has 1 heterocycles. The molecule has 29 heavy (non-hydrogen) atoms. The van der Waals surface area contributed by atoms with Crippen LogP contribution in [0.15, 0.2) is 42.5 Å². The summed E-state index contributed by atoms with van der Waals surface area (Å²) < 4.78 is 16.6. The van der Waals surface area contributed by atoms with Crippen LogP contribution in [-0.4, -0.2) is 32.8 Å². The highest BCUT2D eigenvalue weighted by atomic mass is 16.5. The van der Waals surface area contributed by atoms with Crippen molar-refractivity contribution in [3.63, 3.8) is 0 Å². The predicted molar refractivity (Wildman–Crippen MR) is 115 cm³/mol. The number of hydrogen-bond donors (Lipinski definition) is 1. The third-order valence-corrected chi connectivity index (χ3v) is 5.61. The maximum atomic E-state index is 13.4. The zero-order valence-electron chi connectivity index (χ0n) is 17.6. The average Bonchev–Trinajstić information content (AvgIpc) is 2.76. The molecule has 0 atom stereocenters. The lowest BCUT2D eigenvalue weighted by Gasteiger charge is -2.36. The lowest BCUT2D eigenvalue weighted by atomic mass is 9.73. The number of nitrogens with one attached hydrogen (secondary N) is 1. The maximum Gasteiger partial charge on any atom is 0.235 e. The smallest absolute Gasteiger partial charge is 0.235 e. The molecule has 0 radical (unpaired) electrons. The van der Waals surface area contributed by atoms with Gasteiger partial charge in [-0.2, -0.15) is 0 Å². The number of unbranched alkanes of at least 4 members (excludes halogenated alkanes) is 1. The standard InChI is InChI=1S/C24H31NO4/c1-4-5-14-29-22-11-8-20(17-18(22)2)25-23(26)24(12-15-28-16-13-24)19-6-9-21(27-3)10-7-19/h6-11,17H,4-5,12-16H2,1-3H3,(H,25,26). The van der Waals surface area contributed by atoms with E-state index in [1.165, 1.54) is 0 Å². The Bertz CT molecular complexity index is 810. The summed E-state index contributed by atoms with van der Waals surface area (Å²) in [6.07, 6.45) is 3.44. The molecule has 2 aromatic rings. The summed E-state index contributed by atoms with van der Waals surface area (Å²) in [6, 6.07) is 13.6. The van der Waals surface area contributed by atoms with Crippen molar-refractivity contribution in [1.82, 2.24) is 0 Å². The van der Waals surface area contributed by atoms with Gasteiger partial charge >= 0.3 is 0 Å². The Morgan fingerprint density at radius 3 is 2.48 bits per heavy atom. The molecule has 0 aliphatic carbocycles. The monoisotopic (exact) mass is 397 g/mol. The quantitative estimate of drug-likeness (QED) is 0.646. The molecular weight excluding hydrogens is 366 g/mol. The van der Waals surface area contributed by atoms with E-state index < -0.39 is 5.41 Å². The fourth-order valence-electron chi connectivity index (χ4n) is 3.74. The predicted octanol–water partition coefficient (Wildman–Crippen LogP) is 4.87. The lowest BCUT2D eigenvalue weighted by Crippen LogP contribution is -2.44. The highest BCUT2D eigenvalue weighted by Gasteiger charge is 2.41. The van der Waals surface area contributed by atoms with E-state index in [9.17, 15) is 4.79 Å². The number of carbonyl (C=O) groups excluding carboxylic acids is 1. The van der Waals surface area contributed by atoms with Crippen LogP contribution in [0.25, 0.3) is 0 Å². The summed E-state index contributed by atoms with van der Waals surface area (Å²) >= 11 is 0. The third kappa shape index (κ3) is 4.91. The number of aryl methyl sites for hydroxylation is 1. The molecule has 0 spiro atoms. The van der Waals surface area contributed by atoms with Crippen molar-refractivity contribution in [3.8, 4) is 11.5 Å². The zero-order valence-corrected chi connectivity index (χ0v) is 17.6. The Morgan fingerprint density at radius 1 is 1.14 bits per heavy atom. The summed E-state index contributed by atoms with van der Waals surface area (Å²) in [7, 11) is 1.64. The van der Waals surface area contributed by atoms with Gasteiger partial charge in [-0.3, -0.25) is 4.79 Å². The Balaban J connectivity index is 1.79. The minimum absolute atomic E-state index is 0.00465. The van der Waals surface area contributed by atoms with Gasteiger partial charge in [0.05, 0.1) is 19.1 Å². The van der Waals surface area contributed by atoms with Crippen LogP contribution in [0.4, 0.5) is 5.69 Å². The van der Waals surface area contributed by atoms with Crippen LogP contribution in [-0.2, 0) is 14.9 Å². The van der Waals surface area contributed by atoms with Crippen molar-refractivity contribution < 1.29 is 19.0 Å². The average molecular weight is 398 g/mol. The molecule has 1 fully saturated rings. The van der Waals surface area contributed by atoms with Crippen molar-refractivity contribution in [2.45, 2.75) is 44.9 Å². The van der Waals surface area contributed by atoms with Gasteiger partial charge in [0, 0.05) is 18.9 Å². The van der Waals surface area contributed by atoms with E-state index in [2.05, 4.69) is 12.2 Å². The topological polar surface area (TPSA) is 56.8 Å². The van der Waals surface area contributed by atoms with Crippen LogP contribution < -0.4 is 14.8 Å². The highest BCUT2D eigenvalue weighted by molar-refractivity contribution is 5.99. The van der Waals surface area contributed by atoms with Crippen LogP contribution in [0, 0.1) is 6.92 Å². The van der Waals surface area contributed by atoms with E-state index in [1.807, 2.05) is 49.4 Å². The SMILES string of the molecule is CCCCOc1ccc(NC(=O)C2(c3ccc(OC)cc3)CCOCC2)cc1C. The fraction of sp³-hybridized carbons (Fsp3) is 0.458. The van der Waals surface area contributed by atoms with E-state index in [-0.39, 0.29) is 5.91 Å². The second-order valence-corrected chi connectivity index (χ2v) is 7.56. The summed E-state index contributed by atoms with van der Waals surface area (Å²) in [4.78, 5) is 13.4. The summed E-state index contributed by atoms with van der Waals surface area (Å²) in [5, 5.41) is 3.13. The number of methoxy groups -OCH3 is 1. The number of anilines is 1. The zero-order chi connectivity index (χ0) is 20.7. The number of benzene rings is 2. The maximum absolute atomic E-state index is 13.4. The Kier molecular flexibility index (Phi) is 7.15.